The van der Waals surface area contributed by atoms with E-state index in [2.05, 4.69) is 208 Å². The maximum atomic E-state index is 10.2. The first-order chi connectivity index (χ1) is 53.6. The molecule has 0 amide bonds. The van der Waals surface area contributed by atoms with Gasteiger partial charge in [0, 0.05) is 76.2 Å². The van der Waals surface area contributed by atoms with Gasteiger partial charge in [0.1, 0.15) is 7.36 Å². The van der Waals surface area contributed by atoms with Crippen molar-refractivity contribution in [3.8, 4) is 24.3 Å². The van der Waals surface area contributed by atoms with E-state index in [1.807, 2.05) is 27.7 Å². The fraction of sp³-hybridized carbons (Fsp3) is 0.791. The van der Waals surface area contributed by atoms with Crippen LogP contribution in [0.5, 0.6) is 0 Å². The Morgan fingerprint density at radius 1 is 0.387 bits per heavy atom. The van der Waals surface area contributed by atoms with Gasteiger partial charge in [0.2, 0.25) is 0 Å². The molecule has 0 aromatic heterocycles. The fourth-order valence-corrected chi connectivity index (χ4v) is 86.6. The minimum atomic E-state index is -2.77. The van der Waals surface area contributed by atoms with Gasteiger partial charge in [-0.3, -0.25) is 28.4 Å². The van der Waals surface area contributed by atoms with Crippen molar-refractivity contribution in [2.24, 2.45) is 45.2 Å². The summed E-state index contributed by atoms with van der Waals surface area (Å²) in [7, 11) is 10.3. The maximum absolute atomic E-state index is 10.2. The quantitative estimate of drug-likeness (QED) is 0.0288. The normalized spacial score (nSPS) is 18.6. The first kappa shape index (κ1) is 112. The summed E-state index contributed by atoms with van der Waals surface area (Å²) in [6.07, 6.45) is 51.5. The van der Waals surface area contributed by atoms with E-state index < -0.39 is 14.5 Å². The smallest absolute Gasteiger partial charge is 0.272 e. The molecule has 14 nitrogen and oxygen atoms in total. The van der Waals surface area contributed by atoms with Crippen LogP contribution in [0.15, 0.2) is 54.3 Å². The third-order valence-electron chi connectivity index (χ3n) is 21.9. The highest BCUT2D eigenvalue weighted by Gasteiger charge is 2.44. The first-order valence-corrected chi connectivity index (χ1v) is 62.4. The summed E-state index contributed by atoms with van der Waals surface area (Å²) in [5.41, 5.74) is 1.27. The Morgan fingerprint density at radius 3 is 0.811 bits per heavy atom. The second-order valence-electron chi connectivity index (χ2n) is 30.0. The van der Waals surface area contributed by atoms with Crippen molar-refractivity contribution >= 4 is 101 Å². The third kappa shape index (κ3) is 38.4. The van der Waals surface area contributed by atoms with Crippen LogP contribution in [0, 0.1) is 107 Å². The van der Waals surface area contributed by atoms with Crippen LogP contribution in [0.2, 0.25) is 0 Å². The van der Waals surface area contributed by atoms with Gasteiger partial charge in [-0.15, -0.1) is 44.6 Å². The maximum Gasteiger partial charge on any atom is 0.272 e. The number of hydrogen-bond donors (Lipinski definition) is 0. The van der Waals surface area contributed by atoms with E-state index in [-0.39, 0.29) is 54.6 Å². The molecular weight excluding hydrogens is 1570 g/mol. The fourth-order valence-electron chi connectivity index (χ4n) is 16.9. The minimum absolute atomic E-state index is 0.00665. The number of nitriles is 4. The lowest BCUT2D eigenvalue weighted by Gasteiger charge is -2.47. The van der Waals surface area contributed by atoms with E-state index in [1.54, 1.807) is 51.4 Å². The lowest BCUT2D eigenvalue weighted by atomic mass is 9.90. The molecule has 0 radical (unpaired) electrons. The molecule has 0 aromatic carbocycles. The second-order valence-corrected chi connectivity index (χ2v) is 66.6. The lowest BCUT2D eigenvalue weighted by molar-refractivity contribution is 0.347. The molecule has 0 spiro atoms. The van der Waals surface area contributed by atoms with Crippen molar-refractivity contribution < 1.29 is 0 Å². The van der Waals surface area contributed by atoms with E-state index in [1.165, 1.54) is 103 Å². The average Bonchev–Trinajstić information content (AvgIpc) is 1.74. The minimum Gasteiger partial charge on any atom is -0.298 e. The predicted molar refractivity (Wildman–Crippen MR) is 519 cm³/mol. The highest BCUT2D eigenvalue weighted by atomic mass is 33.2. The zero-order chi connectivity index (χ0) is 84.2. The van der Waals surface area contributed by atoms with E-state index in [4.69, 9.17) is 31.0 Å². The zero-order valence-electron chi connectivity index (χ0n) is 73.0. The molecule has 8 saturated carbocycles. The van der Waals surface area contributed by atoms with Crippen molar-refractivity contribution in [3.63, 3.8) is 0 Å². The van der Waals surface area contributed by atoms with Gasteiger partial charge < -0.3 is 0 Å². The van der Waals surface area contributed by atoms with Crippen molar-refractivity contribution in [1.29, 1.82) is 21.0 Å². The molecule has 6 unspecified atom stereocenters. The number of rotatable bonds is 25. The van der Waals surface area contributed by atoms with E-state index in [9.17, 15) is 21.0 Å². The Kier molecular flexibility index (Phi) is 70.1. The number of aliphatic imine (C=N–C) groups is 1. The van der Waals surface area contributed by atoms with Crippen LogP contribution in [0.4, 0.5) is 0 Å². The molecule has 8 aliphatic carbocycles. The van der Waals surface area contributed by atoms with Gasteiger partial charge in [-0.05, 0) is 126 Å². The zero-order valence-corrected chi connectivity index (χ0v) is 84.3. The Bertz CT molecular complexity index is 2940. The summed E-state index contributed by atoms with van der Waals surface area (Å²) in [6.45, 7) is 74.6. The predicted octanol–water partition coefficient (Wildman–Crippen LogP) is 31.5. The van der Waals surface area contributed by atoms with Crippen LogP contribution in [0.1, 0.15) is 342 Å². The van der Waals surface area contributed by atoms with Gasteiger partial charge >= 0.3 is 0 Å². The average molecular weight is 1730 g/mol. The SMILES string of the molecule is C1CCC(C2CCCC2)C1.C1CCC(C2CCCC2)C1.C=NC1CCCC1.CCC.CCC.CCC.CCC.PPP(P(P)P)P(P)P.[C-]#[N+]/C(C#N)=C(/C(=C(\C#N)[N+]#[C-])C1CCCC1)P(=NC1CCCC1)(N(CC)CC)N(CC)CC.[C-]#[N+]/C(C#N)=C(\C(=C(/C#N)[N+]#[C-])P(=C)(N(CC)CC)N(CC)CC)C1CCCC1. The van der Waals surface area contributed by atoms with Crippen molar-refractivity contribution in [3.05, 3.63) is 90.2 Å². The topological polar surface area (TPSA) is 150 Å². The molecule has 25 heteroatoms. The van der Waals surface area contributed by atoms with Gasteiger partial charge in [-0.25, -0.2) is 40.4 Å². The van der Waals surface area contributed by atoms with Crippen molar-refractivity contribution in [1.82, 2.24) is 18.7 Å². The number of hydrogen-bond acceptors (Lipinski definition) is 8. The van der Waals surface area contributed by atoms with Crippen LogP contribution < -0.4 is 0 Å². The molecule has 0 heterocycles. The summed E-state index contributed by atoms with van der Waals surface area (Å²) in [6, 6.07) is 9.26. The molecule has 6 atom stereocenters. The van der Waals surface area contributed by atoms with Gasteiger partial charge in [0.25, 0.3) is 22.8 Å². The van der Waals surface area contributed by atoms with Gasteiger partial charge in [0.15, 0.2) is 0 Å². The molecule has 628 valence electrons. The lowest BCUT2D eigenvalue weighted by Crippen LogP contribution is -2.35. The largest absolute Gasteiger partial charge is 0.298 e. The highest BCUT2D eigenvalue weighted by Crippen LogP contribution is 3.04. The summed E-state index contributed by atoms with van der Waals surface area (Å²) in [5.74, 6) is 4.65. The molecular formula is C86H159N14P11. The standard InChI is InChI=1S/C26H38N7P.C22H31N6P.2C10H18.C6H11N.4C3H8.H11P9/c1-7-32(8-2)34(33(9-3)10-4,31-22-17-13-14-18-22)26(24(20-28)30-6)25(23(19-27)29-5)21-15-11-12-16-21;1-8-27(9-2)29(7,28(10-3)11-4)22(20(17-24)26-6)21(19(16-23)25-5)18-14-12-13-15-18;2*1-2-6-9(5-1)10-7-3-4-8-10;1-7-6-4-2-3-5-6;4*1-3-2;1-6-9(7(2)3)8(4)5/h21-22H,7-18H2,1-4H3;18H,7-15H2,1-4H3;2*9-10H,1-8H2;6H,1-5H2;4*3H2,1-2H3;6H,1-5H2/b25-23+,26-24-;21-19-,22-20-;;;;;;;;. The summed E-state index contributed by atoms with van der Waals surface area (Å²) < 4.78 is 14.7. The molecule has 8 aliphatic rings. The van der Waals surface area contributed by atoms with Crippen LogP contribution in [-0.2, 0) is 0 Å². The molecule has 8 rings (SSSR count). The molecule has 0 aliphatic heterocycles. The van der Waals surface area contributed by atoms with Crippen LogP contribution in [0.3, 0.4) is 0 Å². The Labute approximate surface area is 702 Å². The summed E-state index contributed by atoms with van der Waals surface area (Å²) in [4.78, 5) is 18.4. The van der Waals surface area contributed by atoms with E-state index >= 15 is 0 Å². The Hall–Kier alpha value is -1.21. The first-order valence-electron chi connectivity index (χ1n) is 43.3. The monoisotopic (exact) mass is 1730 g/mol. The highest BCUT2D eigenvalue weighted by molar-refractivity contribution is 9.10. The van der Waals surface area contributed by atoms with Crippen LogP contribution in [0.25, 0.3) is 19.4 Å². The van der Waals surface area contributed by atoms with E-state index in [0.717, 1.165) is 135 Å². The molecule has 111 heavy (non-hydrogen) atoms. The van der Waals surface area contributed by atoms with Crippen molar-refractivity contribution in [2.45, 2.75) is 354 Å². The third-order valence-corrected chi connectivity index (χ3v) is 74.7. The summed E-state index contributed by atoms with van der Waals surface area (Å²) in [5, 5.41) is 41.1. The Morgan fingerprint density at radius 2 is 0.613 bits per heavy atom. The van der Waals surface area contributed by atoms with Crippen LogP contribution >= 0.6 is 88.1 Å². The molecule has 0 bridgehead atoms. The summed E-state index contributed by atoms with van der Waals surface area (Å²) >= 11 is 0. The van der Waals surface area contributed by atoms with Crippen molar-refractivity contribution in [2.75, 3.05) is 52.4 Å². The molecule has 8 fully saturated rings. The Balaban J connectivity index is 0. The van der Waals surface area contributed by atoms with Gasteiger partial charge in [0.05, 0.1) is 56.6 Å². The number of nitrogens with zero attached hydrogens (tertiary/aromatic N) is 14. The second kappa shape index (κ2) is 69.6. The van der Waals surface area contributed by atoms with Gasteiger partial charge in [-0.1, -0.05) is 305 Å². The van der Waals surface area contributed by atoms with Gasteiger partial charge in [-0.2, -0.15) is 0 Å². The molecule has 0 aromatic rings. The molecule has 0 N–H and O–H groups in total. The number of allylic oxidation sites excluding steroid dienone is 8. The van der Waals surface area contributed by atoms with E-state index in [0.29, 0.717) is 61.0 Å². The molecule has 0 saturated heterocycles. The van der Waals surface area contributed by atoms with Crippen LogP contribution in [-0.4, -0.2) is 96.1 Å².